The predicted molar refractivity (Wildman–Crippen MR) is 147 cm³/mol. The van der Waals surface area contributed by atoms with Crippen LogP contribution in [0.25, 0.3) is 16.5 Å². The van der Waals surface area contributed by atoms with Gasteiger partial charge >= 0.3 is 12.1 Å². The molecule has 0 saturated heterocycles. The van der Waals surface area contributed by atoms with Gasteiger partial charge in [0.25, 0.3) is 11.5 Å². The molecule has 0 radical (unpaired) electrons. The molecule has 0 spiro atoms. The lowest BCUT2D eigenvalue weighted by atomic mass is 10.1. The number of nitrogens with one attached hydrogen (secondary N) is 1. The number of carbonyl (C=O) groups excluding carboxylic acids is 2. The first kappa shape index (κ1) is 27.6. The van der Waals surface area contributed by atoms with Gasteiger partial charge in [0, 0.05) is 16.6 Å². The van der Waals surface area contributed by atoms with E-state index in [2.05, 4.69) is 10.4 Å². The van der Waals surface area contributed by atoms with Crippen LogP contribution >= 0.6 is 11.6 Å². The summed E-state index contributed by atoms with van der Waals surface area (Å²) in [6.07, 6.45) is -6.33. The van der Waals surface area contributed by atoms with Crippen LogP contribution in [-0.4, -0.2) is 21.7 Å². The fraction of sp³-hybridized carbons (Fsp3) is 0.0667. The number of anilines is 1. The van der Waals surface area contributed by atoms with Crippen molar-refractivity contribution in [3.05, 3.63) is 135 Å². The van der Waals surface area contributed by atoms with E-state index in [0.29, 0.717) is 11.8 Å². The second kappa shape index (κ2) is 11.3. The fourth-order valence-electron chi connectivity index (χ4n) is 4.18. The van der Waals surface area contributed by atoms with Gasteiger partial charge in [-0.05, 0) is 36.4 Å². The molecular weight excluding hydrogens is 559 g/mol. The minimum Gasteiger partial charge on any atom is -0.442 e. The number of fused-ring (bicyclic) bond motifs is 1. The number of para-hydroxylation sites is 1. The monoisotopic (exact) mass is 577 g/mol. The van der Waals surface area contributed by atoms with Gasteiger partial charge in [-0.2, -0.15) is 23.0 Å². The summed E-state index contributed by atoms with van der Waals surface area (Å²) in [7, 11) is 0. The molecule has 11 heteroatoms. The molecule has 1 amide bonds. The number of carbonyl (C=O) groups is 2. The molecule has 5 rings (SSSR count). The molecular formula is C30H19ClF3N3O4. The highest BCUT2D eigenvalue weighted by Gasteiger charge is 2.34. The maximum atomic E-state index is 13.6. The molecule has 0 aliphatic heterocycles. The van der Waals surface area contributed by atoms with Crippen molar-refractivity contribution in [3.8, 4) is 5.69 Å². The molecule has 0 saturated carbocycles. The summed E-state index contributed by atoms with van der Waals surface area (Å²) in [5.41, 5.74) is -1.39. The summed E-state index contributed by atoms with van der Waals surface area (Å²) >= 11 is 5.70. The van der Waals surface area contributed by atoms with Gasteiger partial charge < -0.3 is 10.1 Å². The minimum absolute atomic E-state index is 0.194. The Morgan fingerprint density at radius 1 is 0.854 bits per heavy atom. The van der Waals surface area contributed by atoms with Crippen LogP contribution in [0, 0.1) is 0 Å². The Hall–Kier alpha value is -4.96. The van der Waals surface area contributed by atoms with Gasteiger partial charge in [0.1, 0.15) is 0 Å². The fourth-order valence-corrected chi connectivity index (χ4v) is 4.40. The first-order valence-electron chi connectivity index (χ1n) is 12.1. The number of halogens is 4. The third kappa shape index (κ3) is 5.82. The molecule has 7 nitrogen and oxygen atoms in total. The lowest BCUT2D eigenvalue weighted by Gasteiger charge is -2.19. The molecule has 4 aromatic carbocycles. The van der Waals surface area contributed by atoms with Crippen molar-refractivity contribution in [2.45, 2.75) is 12.3 Å². The van der Waals surface area contributed by atoms with Gasteiger partial charge in [0.2, 0.25) is 6.10 Å². The van der Waals surface area contributed by atoms with Crippen LogP contribution in [-0.2, 0) is 15.7 Å². The molecule has 1 atom stereocenters. The van der Waals surface area contributed by atoms with Crippen molar-refractivity contribution in [3.63, 3.8) is 0 Å². The second-order valence-electron chi connectivity index (χ2n) is 8.82. The Bertz CT molecular complexity index is 1810. The maximum absolute atomic E-state index is 13.6. The Morgan fingerprint density at radius 2 is 1.46 bits per heavy atom. The third-order valence-corrected chi connectivity index (χ3v) is 6.43. The highest BCUT2D eigenvalue weighted by atomic mass is 35.5. The van der Waals surface area contributed by atoms with Crippen molar-refractivity contribution in [2.24, 2.45) is 0 Å². The molecule has 0 aliphatic carbocycles. The standard InChI is InChI=1S/C30H19ClF3N3O4/c31-24-16-15-19(17-23(24)30(32,33)34)35-27(38)26(18-9-3-1-4-10-18)41-29(40)25-21-13-7-8-14-22(21)28(39)37(36-25)20-11-5-2-6-12-20/h1-17,26H,(H,35,38)/t26-/m0/s1. The highest BCUT2D eigenvalue weighted by Crippen LogP contribution is 2.36. The lowest BCUT2D eigenvalue weighted by Crippen LogP contribution is -2.29. The van der Waals surface area contributed by atoms with Crippen molar-refractivity contribution in [1.29, 1.82) is 0 Å². The van der Waals surface area contributed by atoms with E-state index in [1.54, 1.807) is 60.7 Å². The van der Waals surface area contributed by atoms with Crippen LogP contribution in [0.3, 0.4) is 0 Å². The van der Waals surface area contributed by atoms with Gasteiger partial charge in [0.05, 0.1) is 21.7 Å². The smallest absolute Gasteiger partial charge is 0.417 e. The average Bonchev–Trinajstić information content (AvgIpc) is 2.97. The van der Waals surface area contributed by atoms with E-state index in [4.69, 9.17) is 16.3 Å². The Labute approximate surface area is 235 Å². The van der Waals surface area contributed by atoms with Gasteiger partial charge in [-0.15, -0.1) is 0 Å². The molecule has 1 N–H and O–H groups in total. The lowest BCUT2D eigenvalue weighted by molar-refractivity contribution is -0.137. The molecule has 5 aromatic rings. The molecule has 0 bridgehead atoms. The van der Waals surface area contributed by atoms with Crippen molar-refractivity contribution < 1.29 is 27.5 Å². The largest absolute Gasteiger partial charge is 0.442 e. The summed E-state index contributed by atoms with van der Waals surface area (Å²) in [6.45, 7) is 0. The molecule has 1 heterocycles. The first-order chi connectivity index (χ1) is 19.6. The highest BCUT2D eigenvalue weighted by molar-refractivity contribution is 6.31. The zero-order chi connectivity index (χ0) is 29.1. The van der Waals surface area contributed by atoms with E-state index in [1.165, 1.54) is 30.3 Å². The van der Waals surface area contributed by atoms with E-state index in [0.717, 1.165) is 10.7 Å². The number of benzene rings is 4. The zero-order valence-corrected chi connectivity index (χ0v) is 21.7. The van der Waals surface area contributed by atoms with Crippen LogP contribution in [0.15, 0.2) is 108 Å². The van der Waals surface area contributed by atoms with Crippen LogP contribution in [0.1, 0.15) is 27.7 Å². The summed E-state index contributed by atoms with van der Waals surface area (Å²) in [6, 6.07) is 25.6. The average molecular weight is 578 g/mol. The van der Waals surface area contributed by atoms with Crippen molar-refractivity contribution in [2.75, 3.05) is 5.32 Å². The van der Waals surface area contributed by atoms with Crippen LogP contribution in [0.5, 0.6) is 0 Å². The second-order valence-corrected chi connectivity index (χ2v) is 9.23. The number of alkyl halides is 3. The van der Waals surface area contributed by atoms with Gasteiger partial charge in [0.15, 0.2) is 5.69 Å². The van der Waals surface area contributed by atoms with Crippen molar-refractivity contribution >= 4 is 39.9 Å². The number of nitrogens with zero attached hydrogens (tertiary/aromatic N) is 2. The molecule has 41 heavy (non-hydrogen) atoms. The molecule has 0 unspecified atom stereocenters. The zero-order valence-electron chi connectivity index (χ0n) is 20.9. The van der Waals surface area contributed by atoms with Crippen LogP contribution in [0.2, 0.25) is 5.02 Å². The van der Waals surface area contributed by atoms with E-state index < -0.39 is 40.3 Å². The first-order valence-corrected chi connectivity index (χ1v) is 12.5. The number of hydrogen-bond acceptors (Lipinski definition) is 5. The summed E-state index contributed by atoms with van der Waals surface area (Å²) in [4.78, 5) is 40.1. The van der Waals surface area contributed by atoms with Crippen LogP contribution < -0.4 is 10.9 Å². The summed E-state index contributed by atoms with van der Waals surface area (Å²) < 4.78 is 46.8. The number of amides is 1. The van der Waals surface area contributed by atoms with E-state index in [1.807, 2.05) is 0 Å². The van der Waals surface area contributed by atoms with Crippen LogP contribution in [0.4, 0.5) is 18.9 Å². The molecule has 0 aliphatic rings. The molecule has 0 fully saturated rings. The number of aromatic nitrogens is 2. The van der Waals surface area contributed by atoms with E-state index in [9.17, 15) is 27.6 Å². The minimum atomic E-state index is -4.75. The maximum Gasteiger partial charge on any atom is 0.417 e. The SMILES string of the molecule is O=C(O[C@H](C(=O)Nc1ccc(Cl)c(C(F)(F)F)c1)c1ccccc1)c1nn(-c2ccccc2)c(=O)c2ccccc12. The topological polar surface area (TPSA) is 90.3 Å². The van der Waals surface area contributed by atoms with E-state index in [-0.39, 0.29) is 27.7 Å². The summed E-state index contributed by atoms with van der Waals surface area (Å²) in [5, 5.41) is 6.50. The van der Waals surface area contributed by atoms with Gasteiger partial charge in [-0.25, -0.2) is 4.79 Å². The predicted octanol–water partition coefficient (Wildman–Crippen LogP) is 6.59. The Morgan fingerprint density at radius 3 is 2.12 bits per heavy atom. The summed E-state index contributed by atoms with van der Waals surface area (Å²) in [5.74, 6) is -1.94. The Kier molecular flexibility index (Phi) is 7.58. The van der Waals surface area contributed by atoms with Gasteiger partial charge in [-0.3, -0.25) is 9.59 Å². The number of ether oxygens (including phenoxy) is 1. The number of rotatable bonds is 6. The number of hydrogen-bond donors (Lipinski definition) is 1. The molecule has 1 aromatic heterocycles. The Balaban J connectivity index is 1.54. The molecule has 206 valence electrons. The normalized spacial score (nSPS) is 12.1. The third-order valence-electron chi connectivity index (χ3n) is 6.10. The van der Waals surface area contributed by atoms with E-state index >= 15 is 0 Å². The quantitative estimate of drug-likeness (QED) is 0.230. The number of esters is 1. The van der Waals surface area contributed by atoms with Gasteiger partial charge in [-0.1, -0.05) is 78.3 Å². The van der Waals surface area contributed by atoms with Crippen molar-refractivity contribution in [1.82, 2.24) is 9.78 Å².